The van der Waals surface area contributed by atoms with Gasteiger partial charge in [0.2, 0.25) is 0 Å². The highest BCUT2D eigenvalue weighted by molar-refractivity contribution is 6.04. The molecule has 1 fully saturated rings. The molecule has 1 unspecified atom stereocenters. The van der Waals surface area contributed by atoms with Crippen LogP contribution < -0.4 is 16.0 Å². The van der Waals surface area contributed by atoms with Crippen LogP contribution in [0.2, 0.25) is 0 Å². The molecule has 2 aromatic heterocycles. The molecule has 3 aromatic rings. The summed E-state index contributed by atoms with van der Waals surface area (Å²) in [6.07, 6.45) is 5.31. The molecule has 0 bridgehead atoms. The lowest BCUT2D eigenvalue weighted by molar-refractivity contribution is 0.102. The fourth-order valence-corrected chi connectivity index (χ4v) is 2.99. The van der Waals surface area contributed by atoms with Gasteiger partial charge in [-0.15, -0.1) is 10.2 Å². The molecule has 0 radical (unpaired) electrons. The normalized spacial score (nSPS) is 16.1. The van der Waals surface area contributed by atoms with Crippen molar-refractivity contribution in [2.45, 2.75) is 18.9 Å². The fourth-order valence-electron chi connectivity index (χ4n) is 2.99. The Bertz CT molecular complexity index is 979. The van der Waals surface area contributed by atoms with E-state index in [2.05, 4.69) is 26.1 Å². The number of carbonyl (C=O) groups excluding carboxylic acids is 2. The van der Waals surface area contributed by atoms with Crippen LogP contribution in [0.3, 0.4) is 0 Å². The van der Waals surface area contributed by atoms with Gasteiger partial charge in [-0.05, 0) is 49.2 Å². The Labute approximate surface area is 161 Å². The van der Waals surface area contributed by atoms with Gasteiger partial charge in [0.15, 0.2) is 5.65 Å². The molecule has 9 heteroatoms. The van der Waals surface area contributed by atoms with Crippen molar-refractivity contribution in [2.24, 2.45) is 0 Å². The Morgan fingerprint density at radius 2 is 1.89 bits per heavy atom. The summed E-state index contributed by atoms with van der Waals surface area (Å²) in [6, 6.07) is 10.0. The number of fused-ring (bicyclic) bond motifs is 1. The molecule has 3 heterocycles. The summed E-state index contributed by atoms with van der Waals surface area (Å²) in [7, 11) is 0. The molecule has 1 saturated heterocycles. The second-order valence-corrected chi connectivity index (χ2v) is 6.52. The number of carbonyl (C=O) groups is 2. The first-order valence-electron chi connectivity index (χ1n) is 9.05. The van der Waals surface area contributed by atoms with E-state index in [1.54, 1.807) is 47.0 Å². The number of anilines is 2. The van der Waals surface area contributed by atoms with Gasteiger partial charge in [-0.25, -0.2) is 4.79 Å². The van der Waals surface area contributed by atoms with Crippen molar-refractivity contribution in [3.8, 4) is 0 Å². The van der Waals surface area contributed by atoms with Crippen molar-refractivity contribution < 1.29 is 14.3 Å². The van der Waals surface area contributed by atoms with Crippen molar-refractivity contribution in [3.63, 3.8) is 0 Å². The summed E-state index contributed by atoms with van der Waals surface area (Å²) in [5, 5.41) is 16.1. The second-order valence-electron chi connectivity index (χ2n) is 6.52. The number of rotatable bonds is 5. The molecule has 0 spiro atoms. The van der Waals surface area contributed by atoms with Crippen molar-refractivity contribution in [3.05, 3.63) is 54.5 Å². The maximum atomic E-state index is 12.4. The maximum absolute atomic E-state index is 12.4. The average Bonchev–Trinajstić information content (AvgIpc) is 3.39. The zero-order chi connectivity index (χ0) is 19.3. The highest BCUT2D eigenvalue weighted by Crippen LogP contribution is 2.15. The zero-order valence-corrected chi connectivity index (χ0v) is 15.1. The van der Waals surface area contributed by atoms with E-state index < -0.39 is 0 Å². The highest BCUT2D eigenvalue weighted by Gasteiger charge is 2.16. The van der Waals surface area contributed by atoms with E-state index in [4.69, 9.17) is 4.74 Å². The van der Waals surface area contributed by atoms with E-state index >= 15 is 0 Å². The minimum Gasteiger partial charge on any atom is -0.376 e. The Hall–Kier alpha value is -3.46. The minimum absolute atomic E-state index is 0.0978. The molecule has 3 N–H and O–H groups in total. The minimum atomic E-state index is -0.283. The predicted molar refractivity (Wildman–Crippen MR) is 103 cm³/mol. The van der Waals surface area contributed by atoms with Gasteiger partial charge in [0.1, 0.15) is 6.33 Å². The van der Waals surface area contributed by atoms with Crippen LogP contribution in [-0.4, -0.2) is 45.8 Å². The fraction of sp³-hybridized carbons (Fsp3) is 0.263. The Kier molecular flexibility index (Phi) is 5.16. The molecule has 144 valence electrons. The number of urea groups is 1. The van der Waals surface area contributed by atoms with Gasteiger partial charge in [0, 0.05) is 30.7 Å². The number of aromatic nitrogens is 3. The zero-order valence-electron chi connectivity index (χ0n) is 15.1. The SMILES string of the molecule is O=C(NCC1CCCO1)Nc1ccc(NC(=O)c2ccc3nncn3c2)cc1. The number of benzene rings is 1. The van der Waals surface area contributed by atoms with Gasteiger partial charge in [-0.1, -0.05) is 0 Å². The van der Waals surface area contributed by atoms with E-state index in [9.17, 15) is 9.59 Å². The molecule has 9 nitrogen and oxygen atoms in total. The third-order valence-electron chi connectivity index (χ3n) is 4.47. The third kappa shape index (κ3) is 4.26. The number of amides is 3. The quantitative estimate of drug-likeness (QED) is 0.629. The summed E-state index contributed by atoms with van der Waals surface area (Å²) < 4.78 is 7.15. The smallest absolute Gasteiger partial charge is 0.319 e. The van der Waals surface area contributed by atoms with Gasteiger partial charge >= 0.3 is 6.03 Å². The lowest BCUT2D eigenvalue weighted by Gasteiger charge is -2.12. The summed E-state index contributed by atoms with van der Waals surface area (Å²) in [6.45, 7) is 1.25. The van der Waals surface area contributed by atoms with Gasteiger partial charge in [0.05, 0.1) is 11.7 Å². The van der Waals surface area contributed by atoms with E-state index in [-0.39, 0.29) is 18.0 Å². The van der Waals surface area contributed by atoms with Gasteiger partial charge < -0.3 is 20.7 Å². The van der Waals surface area contributed by atoms with Crippen LogP contribution in [0.5, 0.6) is 0 Å². The monoisotopic (exact) mass is 380 g/mol. The molecule has 3 amide bonds. The van der Waals surface area contributed by atoms with Gasteiger partial charge in [0.25, 0.3) is 5.91 Å². The Morgan fingerprint density at radius 3 is 2.64 bits per heavy atom. The Morgan fingerprint density at radius 1 is 1.11 bits per heavy atom. The van der Waals surface area contributed by atoms with Gasteiger partial charge in [-0.2, -0.15) is 0 Å². The number of hydrogen-bond donors (Lipinski definition) is 3. The van der Waals surface area contributed by atoms with Crippen LogP contribution in [0.25, 0.3) is 5.65 Å². The van der Waals surface area contributed by atoms with Crippen molar-refractivity contribution in [2.75, 3.05) is 23.8 Å². The average molecular weight is 380 g/mol. The molecule has 1 aliphatic rings. The summed E-state index contributed by atoms with van der Waals surface area (Å²) >= 11 is 0. The van der Waals surface area contributed by atoms with Crippen LogP contribution in [0, 0.1) is 0 Å². The first-order valence-corrected chi connectivity index (χ1v) is 9.05. The van der Waals surface area contributed by atoms with Crippen LogP contribution in [0.1, 0.15) is 23.2 Å². The van der Waals surface area contributed by atoms with Gasteiger partial charge in [-0.3, -0.25) is 9.20 Å². The molecule has 0 saturated carbocycles. The summed E-state index contributed by atoms with van der Waals surface area (Å²) in [5.41, 5.74) is 2.42. The molecule has 4 rings (SSSR count). The lowest BCUT2D eigenvalue weighted by atomic mass is 10.2. The lowest BCUT2D eigenvalue weighted by Crippen LogP contribution is -2.35. The van der Waals surface area contributed by atoms with E-state index in [1.807, 2.05) is 0 Å². The maximum Gasteiger partial charge on any atom is 0.319 e. The van der Waals surface area contributed by atoms with Crippen molar-refractivity contribution in [1.82, 2.24) is 19.9 Å². The molecule has 1 aliphatic heterocycles. The van der Waals surface area contributed by atoms with Crippen molar-refractivity contribution >= 4 is 29.0 Å². The molecule has 28 heavy (non-hydrogen) atoms. The third-order valence-corrected chi connectivity index (χ3v) is 4.47. The van der Waals surface area contributed by atoms with E-state index in [0.29, 0.717) is 29.1 Å². The number of nitrogens with zero attached hydrogens (tertiary/aromatic N) is 3. The van der Waals surface area contributed by atoms with E-state index in [1.165, 1.54) is 6.33 Å². The molecule has 1 aromatic carbocycles. The standard InChI is InChI=1S/C19H20N6O3/c26-18(13-3-8-17-24-21-12-25(17)11-13)22-14-4-6-15(7-5-14)23-19(27)20-10-16-2-1-9-28-16/h3-8,11-12,16H,1-2,9-10H2,(H,22,26)(H2,20,23,27). The topological polar surface area (TPSA) is 110 Å². The van der Waals surface area contributed by atoms with E-state index in [0.717, 1.165) is 19.4 Å². The van der Waals surface area contributed by atoms with Crippen LogP contribution in [-0.2, 0) is 4.74 Å². The molecule has 1 atom stereocenters. The first kappa shape index (κ1) is 17.9. The molecular formula is C19H20N6O3. The summed E-state index contributed by atoms with van der Waals surface area (Å²) in [5.74, 6) is -0.245. The summed E-state index contributed by atoms with van der Waals surface area (Å²) in [4.78, 5) is 24.3. The number of pyridine rings is 1. The van der Waals surface area contributed by atoms with Crippen LogP contribution >= 0.6 is 0 Å². The molecular weight excluding hydrogens is 360 g/mol. The second kappa shape index (κ2) is 8.05. The van der Waals surface area contributed by atoms with Crippen LogP contribution in [0.4, 0.5) is 16.2 Å². The number of ether oxygens (including phenoxy) is 1. The van der Waals surface area contributed by atoms with Crippen LogP contribution in [0.15, 0.2) is 48.9 Å². The Balaban J connectivity index is 1.31. The first-order chi connectivity index (χ1) is 13.7. The number of hydrogen-bond acceptors (Lipinski definition) is 5. The predicted octanol–water partition coefficient (Wildman–Crippen LogP) is 2.28. The van der Waals surface area contributed by atoms with Crippen molar-refractivity contribution in [1.29, 1.82) is 0 Å². The largest absolute Gasteiger partial charge is 0.376 e. The number of nitrogens with one attached hydrogen (secondary N) is 3. The highest BCUT2D eigenvalue weighted by atomic mass is 16.5. The molecule has 0 aliphatic carbocycles.